The highest BCUT2D eigenvalue weighted by molar-refractivity contribution is 5.80. The van der Waals surface area contributed by atoms with Crippen LogP contribution in [0.15, 0.2) is 0 Å². The number of nitrogens with two attached hydrogens (primary N) is 1. The van der Waals surface area contributed by atoms with E-state index < -0.39 is 5.41 Å². The number of terminal acetylenes is 1. The first-order valence-corrected chi connectivity index (χ1v) is 3.45. The highest BCUT2D eigenvalue weighted by Gasteiger charge is 2.23. The Kier molecular flexibility index (Phi) is 3.63. The summed E-state index contributed by atoms with van der Waals surface area (Å²) in [5, 5.41) is 2.92. The van der Waals surface area contributed by atoms with Gasteiger partial charge < -0.3 is 11.1 Å². The Bertz CT molecular complexity index is 179. The van der Waals surface area contributed by atoms with E-state index in [1.54, 1.807) is 13.8 Å². The first-order valence-electron chi connectivity index (χ1n) is 3.45. The molecule has 0 rings (SSSR count). The van der Waals surface area contributed by atoms with Gasteiger partial charge in [-0.25, -0.2) is 0 Å². The van der Waals surface area contributed by atoms with E-state index in [0.717, 1.165) is 0 Å². The molecule has 0 bridgehead atoms. The molecule has 0 unspecified atom stereocenters. The van der Waals surface area contributed by atoms with Gasteiger partial charge in [-0.3, -0.25) is 4.79 Å². The van der Waals surface area contributed by atoms with Gasteiger partial charge in [0.1, 0.15) is 0 Å². The minimum atomic E-state index is -0.517. The van der Waals surface area contributed by atoms with Gasteiger partial charge in [-0.1, -0.05) is 5.92 Å². The molecule has 0 aromatic carbocycles. The van der Waals surface area contributed by atoms with E-state index in [4.69, 9.17) is 12.2 Å². The van der Waals surface area contributed by atoms with Crippen molar-refractivity contribution < 1.29 is 4.79 Å². The molecule has 0 radical (unpaired) electrons. The molecule has 0 fully saturated rings. The van der Waals surface area contributed by atoms with E-state index in [1.807, 2.05) is 0 Å². The van der Waals surface area contributed by atoms with Gasteiger partial charge in [0, 0.05) is 6.54 Å². The summed E-state index contributed by atoms with van der Waals surface area (Å²) in [7, 11) is 0. The van der Waals surface area contributed by atoms with Crippen LogP contribution in [0.25, 0.3) is 0 Å². The van der Waals surface area contributed by atoms with Crippen LogP contribution in [0.3, 0.4) is 0 Å². The van der Waals surface area contributed by atoms with Crippen LogP contribution in [0.2, 0.25) is 0 Å². The van der Waals surface area contributed by atoms with E-state index in [1.165, 1.54) is 0 Å². The molecule has 3 nitrogen and oxygen atoms in total. The summed E-state index contributed by atoms with van der Waals surface area (Å²) in [6.07, 6.45) is 5.01. The SMILES string of the molecule is C#CCNCC(C)(C)C(N)=O. The van der Waals surface area contributed by atoms with Crippen molar-refractivity contribution in [1.29, 1.82) is 0 Å². The largest absolute Gasteiger partial charge is 0.369 e. The van der Waals surface area contributed by atoms with Crippen molar-refractivity contribution in [3.05, 3.63) is 0 Å². The molecule has 0 aliphatic carbocycles. The van der Waals surface area contributed by atoms with Crippen molar-refractivity contribution in [3.8, 4) is 12.3 Å². The zero-order valence-electron chi connectivity index (χ0n) is 6.98. The van der Waals surface area contributed by atoms with Crippen LogP contribution >= 0.6 is 0 Å². The predicted octanol–water partition coefficient (Wildman–Crippen LogP) is -0.279. The molecule has 62 valence electrons. The predicted molar refractivity (Wildman–Crippen MR) is 44.7 cm³/mol. The molecule has 0 saturated heterocycles. The van der Waals surface area contributed by atoms with Crippen molar-refractivity contribution in [2.75, 3.05) is 13.1 Å². The van der Waals surface area contributed by atoms with Crippen molar-refractivity contribution >= 4 is 5.91 Å². The van der Waals surface area contributed by atoms with Gasteiger partial charge >= 0.3 is 0 Å². The van der Waals surface area contributed by atoms with Gasteiger partial charge in [0.25, 0.3) is 0 Å². The molecule has 0 aliphatic heterocycles. The van der Waals surface area contributed by atoms with Crippen molar-refractivity contribution in [2.45, 2.75) is 13.8 Å². The second-order valence-electron chi connectivity index (χ2n) is 3.06. The van der Waals surface area contributed by atoms with E-state index in [9.17, 15) is 4.79 Å². The Morgan fingerprint density at radius 3 is 2.64 bits per heavy atom. The molecule has 0 aromatic rings. The van der Waals surface area contributed by atoms with Crippen molar-refractivity contribution in [3.63, 3.8) is 0 Å². The molecular formula is C8H14N2O. The molecule has 3 heteroatoms. The maximum Gasteiger partial charge on any atom is 0.224 e. The van der Waals surface area contributed by atoms with Crippen molar-refractivity contribution in [2.24, 2.45) is 11.1 Å². The molecule has 0 aliphatic rings. The van der Waals surface area contributed by atoms with Gasteiger partial charge in [-0.2, -0.15) is 0 Å². The molecule has 1 amide bonds. The van der Waals surface area contributed by atoms with E-state index >= 15 is 0 Å². The first kappa shape index (κ1) is 9.99. The first-order chi connectivity index (χ1) is 5.00. The average molecular weight is 154 g/mol. The van der Waals surface area contributed by atoms with Crippen LogP contribution in [-0.4, -0.2) is 19.0 Å². The number of hydrogen-bond donors (Lipinski definition) is 2. The Morgan fingerprint density at radius 1 is 1.73 bits per heavy atom. The Morgan fingerprint density at radius 2 is 2.27 bits per heavy atom. The summed E-state index contributed by atoms with van der Waals surface area (Å²) in [6, 6.07) is 0. The fourth-order valence-corrected chi connectivity index (χ4v) is 0.534. The number of amides is 1. The summed E-state index contributed by atoms with van der Waals surface area (Å²) in [5.41, 5.74) is 4.60. The van der Waals surface area contributed by atoms with Crippen molar-refractivity contribution in [1.82, 2.24) is 5.32 Å². The van der Waals surface area contributed by atoms with E-state index in [0.29, 0.717) is 13.1 Å². The van der Waals surface area contributed by atoms with Crippen LogP contribution < -0.4 is 11.1 Å². The van der Waals surface area contributed by atoms with Crippen LogP contribution in [0.5, 0.6) is 0 Å². The molecule has 3 N–H and O–H groups in total. The lowest BCUT2D eigenvalue weighted by atomic mass is 9.93. The van der Waals surface area contributed by atoms with E-state index in [-0.39, 0.29) is 5.91 Å². The molecule has 11 heavy (non-hydrogen) atoms. The topological polar surface area (TPSA) is 55.1 Å². The summed E-state index contributed by atoms with van der Waals surface area (Å²) in [6.45, 7) is 4.54. The minimum absolute atomic E-state index is 0.318. The highest BCUT2D eigenvalue weighted by atomic mass is 16.1. The Balaban J connectivity index is 3.75. The fourth-order valence-electron chi connectivity index (χ4n) is 0.534. The zero-order chi connectivity index (χ0) is 8.91. The maximum atomic E-state index is 10.7. The number of carbonyl (C=O) groups is 1. The van der Waals surface area contributed by atoms with Gasteiger partial charge in [0.15, 0.2) is 0 Å². The molecule has 0 saturated carbocycles. The molecule has 0 spiro atoms. The van der Waals surface area contributed by atoms with E-state index in [2.05, 4.69) is 11.2 Å². The minimum Gasteiger partial charge on any atom is -0.369 e. The number of carbonyl (C=O) groups excluding carboxylic acids is 1. The van der Waals surface area contributed by atoms with Gasteiger partial charge in [0.05, 0.1) is 12.0 Å². The monoisotopic (exact) mass is 154 g/mol. The third-order valence-corrected chi connectivity index (χ3v) is 1.46. The van der Waals surface area contributed by atoms with Crippen LogP contribution in [0.1, 0.15) is 13.8 Å². The number of primary amides is 1. The Labute approximate surface area is 67.3 Å². The standard InChI is InChI=1S/C8H14N2O/c1-4-5-10-6-8(2,3)7(9)11/h1,10H,5-6H2,2-3H3,(H2,9,11). The third kappa shape index (κ3) is 3.64. The normalized spacial score (nSPS) is 10.6. The number of nitrogens with one attached hydrogen (secondary N) is 1. The molecule has 0 atom stereocenters. The quantitative estimate of drug-likeness (QED) is 0.432. The maximum absolute atomic E-state index is 10.7. The summed E-state index contributed by atoms with van der Waals surface area (Å²) >= 11 is 0. The smallest absolute Gasteiger partial charge is 0.224 e. The van der Waals surface area contributed by atoms with Gasteiger partial charge in [0.2, 0.25) is 5.91 Å². The van der Waals surface area contributed by atoms with Crippen LogP contribution in [0.4, 0.5) is 0 Å². The average Bonchev–Trinajstić information content (AvgIpc) is 1.88. The van der Waals surface area contributed by atoms with Crippen LogP contribution in [-0.2, 0) is 4.79 Å². The van der Waals surface area contributed by atoms with Crippen LogP contribution in [0, 0.1) is 17.8 Å². The van der Waals surface area contributed by atoms with Gasteiger partial charge in [-0.15, -0.1) is 6.42 Å². The number of rotatable bonds is 4. The highest BCUT2D eigenvalue weighted by Crippen LogP contribution is 2.11. The summed E-state index contributed by atoms with van der Waals surface area (Å²) in [5.74, 6) is 2.10. The molecule has 0 aromatic heterocycles. The molecule has 0 heterocycles. The van der Waals surface area contributed by atoms with Gasteiger partial charge in [-0.05, 0) is 13.8 Å². The Hall–Kier alpha value is -1.01. The third-order valence-electron chi connectivity index (χ3n) is 1.46. The summed E-state index contributed by atoms with van der Waals surface area (Å²) < 4.78 is 0. The zero-order valence-corrected chi connectivity index (χ0v) is 6.98. The lowest BCUT2D eigenvalue weighted by molar-refractivity contribution is -0.125. The number of hydrogen-bond acceptors (Lipinski definition) is 2. The summed E-state index contributed by atoms with van der Waals surface area (Å²) in [4.78, 5) is 10.7. The molecular weight excluding hydrogens is 140 g/mol. The lowest BCUT2D eigenvalue weighted by Gasteiger charge is -2.19. The fraction of sp³-hybridized carbons (Fsp3) is 0.625. The lowest BCUT2D eigenvalue weighted by Crippen LogP contribution is -2.40. The second kappa shape index (κ2) is 3.99. The second-order valence-corrected chi connectivity index (χ2v) is 3.06.